The second-order valence-electron chi connectivity index (χ2n) is 6.69. The van der Waals surface area contributed by atoms with Crippen molar-refractivity contribution in [3.05, 3.63) is 23.8 Å². The van der Waals surface area contributed by atoms with Crippen LogP contribution in [0.4, 0.5) is 4.39 Å². The van der Waals surface area contributed by atoms with Crippen molar-refractivity contribution >= 4 is 0 Å². The van der Waals surface area contributed by atoms with E-state index in [0.717, 1.165) is 30.6 Å². The van der Waals surface area contributed by atoms with E-state index in [1.54, 1.807) is 12.3 Å². The second-order valence-corrected chi connectivity index (χ2v) is 6.69. The molecule has 124 valence electrons. The Balaban J connectivity index is 2.16. The van der Waals surface area contributed by atoms with Crippen LogP contribution >= 0.6 is 0 Å². The molecule has 2 unspecified atom stereocenters. The Kier molecular flexibility index (Phi) is 6.66. The van der Waals surface area contributed by atoms with Crippen molar-refractivity contribution in [1.29, 1.82) is 0 Å². The molecule has 1 aliphatic carbocycles. The summed E-state index contributed by atoms with van der Waals surface area (Å²) in [6.07, 6.45) is 11.2. The van der Waals surface area contributed by atoms with Crippen LogP contribution in [-0.4, -0.2) is 11.1 Å². The SMILES string of the molecule is CCCCC(CCC)c1cc(F)ncc1OC(C)C1CCC1. The number of pyridine rings is 1. The lowest BCUT2D eigenvalue weighted by Crippen LogP contribution is -2.29. The maximum atomic E-state index is 13.7. The lowest BCUT2D eigenvalue weighted by molar-refractivity contribution is 0.0968. The van der Waals surface area contributed by atoms with Gasteiger partial charge in [0.05, 0.1) is 12.3 Å². The van der Waals surface area contributed by atoms with E-state index in [1.165, 1.54) is 32.1 Å². The van der Waals surface area contributed by atoms with E-state index in [2.05, 4.69) is 25.8 Å². The number of rotatable bonds is 9. The molecule has 0 radical (unpaired) electrons. The molecule has 1 saturated carbocycles. The van der Waals surface area contributed by atoms with Crippen molar-refractivity contribution in [1.82, 2.24) is 4.98 Å². The molecule has 2 rings (SSSR count). The van der Waals surface area contributed by atoms with Crippen molar-refractivity contribution in [2.24, 2.45) is 5.92 Å². The van der Waals surface area contributed by atoms with Crippen LogP contribution in [0, 0.1) is 11.9 Å². The molecule has 1 heterocycles. The minimum atomic E-state index is -0.392. The van der Waals surface area contributed by atoms with Gasteiger partial charge in [-0.2, -0.15) is 4.39 Å². The van der Waals surface area contributed by atoms with Crippen molar-refractivity contribution < 1.29 is 9.13 Å². The fourth-order valence-corrected chi connectivity index (χ4v) is 3.31. The highest BCUT2D eigenvalue weighted by atomic mass is 19.1. The van der Waals surface area contributed by atoms with E-state index in [4.69, 9.17) is 4.74 Å². The molecule has 3 heteroatoms. The zero-order valence-corrected chi connectivity index (χ0v) is 14.3. The smallest absolute Gasteiger partial charge is 0.213 e. The molecule has 0 spiro atoms. The molecule has 0 aliphatic heterocycles. The Morgan fingerprint density at radius 2 is 2.05 bits per heavy atom. The first-order valence-corrected chi connectivity index (χ1v) is 8.97. The van der Waals surface area contributed by atoms with Gasteiger partial charge in [-0.05, 0) is 44.4 Å². The number of unbranched alkanes of at least 4 members (excludes halogenated alkanes) is 1. The monoisotopic (exact) mass is 307 g/mol. The summed E-state index contributed by atoms with van der Waals surface area (Å²) in [5.74, 6) is 1.44. The third kappa shape index (κ3) is 4.44. The topological polar surface area (TPSA) is 22.1 Å². The molecule has 0 saturated heterocycles. The predicted molar refractivity (Wildman–Crippen MR) is 88.8 cm³/mol. The Morgan fingerprint density at radius 3 is 2.64 bits per heavy atom. The highest BCUT2D eigenvalue weighted by Gasteiger charge is 2.27. The lowest BCUT2D eigenvalue weighted by Gasteiger charge is -2.32. The number of hydrogen-bond donors (Lipinski definition) is 0. The summed E-state index contributed by atoms with van der Waals surface area (Å²) >= 11 is 0. The van der Waals surface area contributed by atoms with Gasteiger partial charge >= 0.3 is 0 Å². The first-order valence-electron chi connectivity index (χ1n) is 8.97. The molecule has 2 atom stereocenters. The molecule has 2 nitrogen and oxygen atoms in total. The van der Waals surface area contributed by atoms with Crippen LogP contribution in [0.3, 0.4) is 0 Å². The first kappa shape index (κ1) is 17.2. The fourth-order valence-electron chi connectivity index (χ4n) is 3.31. The highest BCUT2D eigenvalue weighted by Crippen LogP contribution is 2.37. The molecule has 1 aromatic heterocycles. The second kappa shape index (κ2) is 8.50. The quantitative estimate of drug-likeness (QED) is 0.533. The maximum absolute atomic E-state index is 13.7. The van der Waals surface area contributed by atoms with Gasteiger partial charge < -0.3 is 4.74 Å². The van der Waals surface area contributed by atoms with E-state index in [1.807, 2.05) is 0 Å². The minimum absolute atomic E-state index is 0.202. The molecule has 1 aliphatic rings. The number of halogens is 1. The Hall–Kier alpha value is -1.12. The average Bonchev–Trinajstić information content (AvgIpc) is 2.43. The number of hydrogen-bond acceptors (Lipinski definition) is 2. The maximum Gasteiger partial charge on any atom is 0.213 e. The standard InChI is InChI=1S/C19H30FNO/c1-4-6-9-16(8-5-2)17-12-19(20)21-13-18(17)22-14(3)15-10-7-11-15/h12-16H,4-11H2,1-3H3. The van der Waals surface area contributed by atoms with Crippen molar-refractivity contribution in [3.63, 3.8) is 0 Å². The number of aromatic nitrogens is 1. The largest absolute Gasteiger partial charge is 0.489 e. The molecule has 1 fully saturated rings. The zero-order chi connectivity index (χ0) is 15.9. The van der Waals surface area contributed by atoms with Crippen molar-refractivity contribution in [2.45, 2.75) is 84.2 Å². The summed E-state index contributed by atoms with van der Waals surface area (Å²) in [5.41, 5.74) is 1.02. The van der Waals surface area contributed by atoms with E-state index in [-0.39, 0.29) is 6.10 Å². The van der Waals surface area contributed by atoms with E-state index >= 15 is 0 Å². The normalized spacial score (nSPS) is 17.8. The molecule has 22 heavy (non-hydrogen) atoms. The van der Waals surface area contributed by atoms with Crippen LogP contribution in [0.25, 0.3) is 0 Å². The van der Waals surface area contributed by atoms with Gasteiger partial charge in [0.2, 0.25) is 5.95 Å². The summed E-state index contributed by atoms with van der Waals surface area (Å²) in [6.45, 7) is 6.53. The van der Waals surface area contributed by atoms with Gasteiger partial charge in [-0.3, -0.25) is 0 Å². The molecular weight excluding hydrogens is 277 g/mol. The van der Waals surface area contributed by atoms with Crippen LogP contribution < -0.4 is 4.74 Å². The predicted octanol–water partition coefficient (Wildman–Crippen LogP) is 5.86. The molecule has 0 amide bonds. The third-order valence-corrected chi connectivity index (χ3v) is 4.97. The van der Waals surface area contributed by atoms with Gasteiger partial charge in [-0.15, -0.1) is 0 Å². The Bertz CT molecular complexity index is 459. The van der Waals surface area contributed by atoms with Crippen LogP contribution in [0.5, 0.6) is 5.75 Å². The third-order valence-electron chi connectivity index (χ3n) is 4.97. The summed E-state index contributed by atoms with van der Waals surface area (Å²) in [5, 5.41) is 0. The fraction of sp³-hybridized carbons (Fsp3) is 0.737. The number of ether oxygens (including phenoxy) is 1. The summed E-state index contributed by atoms with van der Waals surface area (Å²) in [6, 6.07) is 1.60. The Labute approximate surface area is 134 Å². The van der Waals surface area contributed by atoms with Gasteiger partial charge in [-0.25, -0.2) is 4.98 Å². The molecule has 1 aromatic rings. The molecular formula is C19H30FNO. The van der Waals surface area contributed by atoms with Gasteiger partial charge in [0.25, 0.3) is 0 Å². The van der Waals surface area contributed by atoms with Crippen molar-refractivity contribution in [3.8, 4) is 5.75 Å². The van der Waals surface area contributed by atoms with E-state index in [9.17, 15) is 4.39 Å². The van der Waals surface area contributed by atoms with E-state index in [0.29, 0.717) is 11.8 Å². The minimum Gasteiger partial charge on any atom is -0.489 e. The molecule has 0 N–H and O–H groups in total. The van der Waals surface area contributed by atoms with Gasteiger partial charge in [0.15, 0.2) is 0 Å². The highest BCUT2D eigenvalue weighted by molar-refractivity contribution is 5.34. The van der Waals surface area contributed by atoms with Crippen LogP contribution in [0.1, 0.15) is 83.6 Å². The van der Waals surface area contributed by atoms with Gasteiger partial charge in [-0.1, -0.05) is 39.5 Å². The average molecular weight is 307 g/mol. The van der Waals surface area contributed by atoms with Gasteiger partial charge in [0, 0.05) is 11.6 Å². The van der Waals surface area contributed by atoms with E-state index < -0.39 is 5.95 Å². The summed E-state index contributed by atoms with van der Waals surface area (Å²) in [7, 11) is 0. The molecule has 0 bridgehead atoms. The van der Waals surface area contributed by atoms with Crippen molar-refractivity contribution in [2.75, 3.05) is 0 Å². The molecule has 0 aromatic carbocycles. The summed E-state index contributed by atoms with van der Waals surface area (Å²) in [4.78, 5) is 3.83. The Morgan fingerprint density at radius 1 is 1.27 bits per heavy atom. The van der Waals surface area contributed by atoms with Gasteiger partial charge in [0.1, 0.15) is 5.75 Å². The lowest BCUT2D eigenvalue weighted by atomic mass is 9.81. The number of nitrogens with zero attached hydrogens (tertiary/aromatic N) is 1. The van der Waals surface area contributed by atoms with Crippen LogP contribution in [0.15, 0.2) is 12.3 Å². The van der Waals surface area contributed by atoms with Crippen LogP contribution in [-0.2, 0) is 0 Å². The zero-order valence-electron chi connectivity index (χ0n) is 14.3. The van der Waals surface area contributed by atoms with Crippen LogP contribution in [0.2, 0.25) is 0 Å². The first-order chi connectivity index (χ1) is 10.7. The summed E-state index contributed by atoms with van der Waals surface area (Å²) < 4.78 is 19.9.